The molecule has 2 aromatic rings. The number of benzene rings is 1. The number of aromatic nitrogens is 3. The van der Waals surface area contributed by atoms with Gasteiger partial charge < -0.3 is 11.1 Å². The number of amides is 1. The molecule has 0 radical (unpaired) electrons. The molecule has 112 valence electrons. The average molecular weight is 287 g/mol. The molecule has 1 heterocycles. The third-order valence-electron chi connectivity index (χ3n) is 3.00. The zero-order valence-corrected chi connectivity index (χ0v) is 12.6. The molecule has 1 aromatic carbocycles. The van der Waals surface area contributed by atoms with E-state index in [-0.39, 0.29) is 11.4 Å². The zero-order valence-electron chi connectivity index (χ0n) is 12.6. The monoisotopic (exact) mass is 287 g/mol. The Balaban J connectivity index is 2.03. The van der Waals surface area contributed by atoms with Gasteiger partial charge >= 0.3 is 0 Å². The van der Waals surface area contributed by atoms with Gasteiger partial charge in [0.05, 0.1) is 0 Å². The number of hydrogen-bond acceptors (Lipinski definition) is 4. The van der Waals surface area contributed by atoms with Gasteiger partial charge in [0.2, 0.25) is 5.91 Å². The van der Waals surface area contributed by atoms with E-state index in [0.29, 0.717) is 18.7 Å². The van der Waals surface area contributed by atoms with Crippen LogP contribution in [0.25, 0.3) is 11.4 Å². The van der Waals surface area contributed by atoms with Gasteiger partial charge in [-0.05, 0) is 39.3 Å². The highest BCUT2D eigenvalue weighted by molar-refractivity contribution is 5.91. The first-order valence-electron chi connectivity index (χ1n) is 6.92. The lowest BCUT2D eigenvalue weighted by molar-refractivity contribution is -0.116. The fraction of sp³-hybridized carbons (Fsp3) is 0.400. The molecule has 6 heteroatoms. The maximum atomic E-state index is 11.9. The maximum absolute atomic E-state index is 11.9. The van der Waals surface area contributed by atoms with Crippen LogP contribution in [-0.4, -0.2) is 26.6 Å². The number of rotatable bonds is 5. The van der Waals surface area contributed by atoms with Crippen molar-refractivity contribution in [2.75, 3.05) is 5.32 Å². The van der Waals surface area contributed by atoms with Crippen LogP contribution < -0.4 is 11.1 Å². The lowest BCUT2D eigenvalue weighted by Crippen LogP contribution is -2.33. The molecule has 4 N–H and O–H groups in total. The Morgan fingerprint density at radius 2 is 2.19 bits per heavy atom. The largest absolute Gasteiger partial charge is 0.326 e. The van der Waals surface area contributed by atoms with Crippen LogP contribution >= 0.6 is 0 Å². The van der Waals surface area contributed by atoms with Crippen molar-refractivity contribution in [3.8, 4) is 11.4 Å². The van der Waals surface area contributed by atoms with E-state index in [0.717, 1.165) is 17.1 Å². The van der Waals surface area contributed by atoms with Crippen LogP contribution in [0.2, 0.25) is 0 Å². The normalized spacial score (nSPS) is 11.4. The molecule has 0 aliphatic heterocycles. The molecule has 2 rings (SSSR count). The van der Waals surface area contributed by atoms with E-state index in [1.807, 2.05) is 45.0 Å². The summed E-state index contributed by atoms with van der Waals surface area (Å²) in [6.45, 7) is 5.66. The second-order valence-corrected chi connectivity index (χ2v) is 5.86. The second-order valence-electron chi connectivity index (χ2n) is 5.86. The zero-order chi connectivity index (χ0) is 15.5. The Hall–Kier alpha value is -2.21. The van der Waals surface area contributed by atoms with Gasteiger partial charge in [-0.15, -0.1) is 0 Å². The highest BCUT2D eigenvalue weighted by Crippen LogP contribution is 2.19. The molecular formula is C15H21N5O. The topological polar surface area (TPSA) is 96.7 Å². The maximum Gasteiger partial charge on any atom is 0.224 e. The van der Waals surface area contributed by atoms with Gasteiger partial charge in [-0.25, -0.2) is 4.98 Å². The molecule has 21 heavy (non-hydrogen) atoms. The number of aromatic amines is 1. The van der Waals surface area contributed by atoms with Crippen LogP contribution in [0.4, 0.5) is 5.69 Å². The minimum absolute atomic E-state index is 0.0446. The summed E-state index contributed by atoms with van der Waals surface area (Å²) in [5, 5.41) is 9.78. The molecule has 0 saturated heterocycles. The van der Waals surface area contributed by atoms with Gasteiger partial charge in [0.15, 0.2) is 5.82 Å². The number of H-pyrrole nitrogens is 1. The van der Waals surface area contributed by atoms with E-state index in [9.17, 15) is 4.79 Å². The number of nitrogens with two attached hydrogens (primary N) is 1. The van der Waals surface area contributed by atoms with Gasteiger partial charge in [0.25, 0.3) is 0 Å². The summed E-state index contributed by atoms with van der Waals surface area (Å²) in [7, 11) is 0. The minimum Gasteiger partial charge on any atom is -0.326 e. The highest BCUT2D eigenvalue weighted by atomic mass is 16.1. The molecule has 0 aliphatic rings. The summed E-state index contributed by atoms with van der Waals surface area (Å²) >= 11 is 0. The highest BCUT2D eigenvalue weighted by Gasteiger charge is 2.13. The molecular weight excluding hydrogens is 266 g/mol. The average Bonchev–Trinajstić information content (AvgIpc) is 2.83. The van der Waals surface area contributed by atoms with Gasteiger partial charge in [-0.3, -0.25) is 9.89 Å². The van der Waals surface area contributed by atoms with Crippen LogP contribution in [0.5, 0.6) is 0 Å². The van der Waals surface area contributed by atoms with Gasteiger partial charge in [0, 0.05) is 23.2 Å². The van der Waals surface area contributed by atoms with E-state index in [2.05, 4.69) is 20.5 Å². The quantitative estimate of drug-likeness (QED) is 0.785. The Labute approximate surface area is 124 Å². The molecule has 0 bridgehead atoms. The first-order chi connectivity index (χ1) is 9.83. The van der Waals surface area contributed by atoms with Crippen molar-refractivity contribution in [3.05, 3.63) is 30.1 Å². The van der Waals surface area contributed by atoms with Crippen LogP contribution in [0, 0.1) is 6.92 Å². The summed E-state index contributed by atoms with van der Waals surface area (Å²) in [6, 6.07) is 7.47. The number of hydrogen-bond donors (Lipinski definition) is 3. The molecule has 0 atom stereocenters. The standard InChI is InChI=1S/C15H21N5O/c1-10-17-14(20-19-10)11-5-4-6-12(9-11)18-13(21)7-8-15(2,3)16/h4-6,9H,7-8,16H2,1-3H3,(H,18,21)(H,17,19,20). The lowest BCUT2D eigenvalue weighted by Gasteiger charge is -2.17. The smallest absolute Gasteiger partial charge is 0.224 e. The SMILES string of the molecule is Cc1nc(-c2cccc(NC(=O)CCC(C)(C)N)c2)n[nH]1. The second kappa shape index (κ2) is 6.05. The predicted octanol–water partition coefficient (Wildman–Crippen LogP) is 2.24. The Morgan fingerprint density at radius 3 is 2.81 bits per heavy atom. The molecule has 0 fully saturated rings. The third kappa shape index (κ3) is 4.68. The number of aryl methyl sites for hydroxylation is 1. The number of carbonyl (C=O) groups excluding carboxylic acids is 1. The van der Waals surface area contributed by atoms with Crippen molar-refractivity contribution in [3.63, 3.8) is 0 Å². The number of anilines is 1. The van der Waals surface area contributed by atoms with E-state index < -0.39 is 0 Å². The number of nitrogens with zero attached hydrogens (tertiary/aromatic N) is 2. The summed E-state index contributed by atoms with van der Waals surface area (Å²) in [6.07, 6.45) is 1.03. The minimum atomic E-state index is -0.338. The van der Waals surface area contributed by atoms with Gasteiger partial charge in [-0.1, -0.05) is 12.1 Å². The lowest BCUT2D eigenvalue weighted by atomic mass is 10.00. The first kappa shape index (κ1) is 15.2. The van der Waals surface area contributed by atoms with Crippen LogP contribution in [0.1, 0.15) is 32.5 Å². The fourth-order valence-electron chi connectivity index (χ4n) is 1.87. The van der Waals surface area contributed by atoms with E-state index >= 15 is 0 Å². The summed E-state index contributed by atoms with van der Waals surface area (Å²) in [5.74, 6) is 1.33. The summed E-state index contributed by atoms with van der Waals surface area (Å²) in [4.78, 5) is 16.2. The van der Waals surface area contributed by atoms with Crippen molar-refractivity contribution in [1.29, 1.82) is 0 Å². The summed E-state index contributed by atoms with van der Waals surface area (Å²) in [5.41, 5.74) is 7.13. The van der Waals surface area contributed by atoms with E-state index in [1.54, 1.807) is 0 Å². The van der Waals surface area contributed by atoms with Crippen molar-refractivity contribution in [2.24, 2.45) is 5.73 Å². The van der Waals surface area contributed by atoms with Gasteiger partial charge in [-0.2, -0.15) is 5.10 Å². The van der Waals surface area contributed by atoms with Crippen molar-refractivity contribution in [1.82, 2.24) is 15.2 Å². The fourth-order valence-corrected chi connectivity index (χ4v) is 1.87. The Morgan fingerprint density at radius 1 is 1.43 bits per heavy atom. The first-order valence-corrected chi connectivity index (χ1v) is 6.92. The van der Waals surface area contributed by atoms with E-state index in [4.69, 9.17) is 5.73 Å². The van der Waals surface area contributed by atoms with Crippen LogP contribution in [-0.2, 0) is 4.79 Å². The number of carbonyl (C=O) groups is 1. The molecule has 0 spiro atoms. The molecule has 1 amide bonds. The molecule has 0 unspecified atom stereocenters. The number of nitrogens with one attached hydrogen (secondary N) is 2. The summed E-state index contributed by atoms with van der Waals surface area (Å²) < 4.78 is 0. The van der Waals surface area contributed by atoms with Crippen molar-refractivity contribution < 1.29 is 4.79 Å². The molecule has 0 saturated carbocycles. The predicted molar refractivity (Wildman–Crippen MR) is 82.7 cm³/mol. The van der Waals surface area contributed by atoms with Crippen LogP contribution in [0.3, 0.4) is 0 Å². The van der Waals surface area contributed by atoms with Gasteiger partial charge in [0.1, 0.15) is 5.82 Å². The van der Waals surface area contributed by atoms with Crippen molar-refractivity contribution in [2.45, 2.75) is 39.2 Å². The third-order valence-corrected chi connectivity index (χ3v) is 3.00. The molecule has 6 nitrogen and oxygen atoms in total. The molecule has 0 aliphatic carbocycles. The van der Waals surface area contributed by atoms with E-state index in [1.165, 1.54) is 0 Å². The Bertz CT molecular complexity index is 627. The van der Waals surface area contributed by atoms with Crippen molar-refractivity contribution >= 4 is 11.6 Å². The molecule has 1 aromatic heterocycles. The Kier molecular flexibility index (Phi) is 4.37. The van der Waals surface area contributed by atoms with Crippen LogP contribution in [0.15, 0.2) is 24.3 Å².